The minimum Gasteiger partial charge on any atom is -0.494 e. The summed E-state index contributed by atoms with van der Waals surface area (Å²) in [7, 11) is 0. The van der Waals surface area contributed by atoms with Crippen LogP contribution >= 0.6 is 0 Å². The van der Waals surface area contributed by atoms with E-state index in [1.54, 1.807) is 24.3 Å². The fraction of sp³-hybridized carbons (Fsp3) is 0.316. The number of esters is 2. The molecule has 0 aliphatic carbocycles. The van der Waals surface area contributed by atoms with Gasteiger partial charge in [-0.25, -0.2) is 9.97 Å². The van der Waals surface area contributed by atoms with Gasteiger partial charge in [0.25, 0.3) is 0 Å². The molecule has 0 amide bonds. The molecule has 0 radical (unpaired) electrons. The molecule has 242 valence electrons. The zero-order valence-corrected chi connectivity index (χ0v) is 26.5. The van der Waals surface area contributed by atoms with Gasteiger partial charge in [0.2, 0.25) is 0 Å². The lowest BCUT2D eigenvalue weighted by Gasteiger charge is -2.10. The van der Waals surface area contributed by atoms with Crippen LogP contribution in [-0.4, -0.2) is 47.3 Å². The number of carbonyl (C=O) groups excluding carboxylic acids is 2. The van der Waals surface area contributed by atoms with Crippen molar-refractivity contribution in [1.82, 2.24) is 9.97 Å². The molecule has 1 aromatic heterocycles. The molecule has 0 fully saturated rings. The Labute approximate surface area is 272 Å². The maximum absolute atomic E-state index is 11.8. The molecule has 3 aromatic rings. The van der Waals surface area contributed by atoms with Crippen molar-refractivity contribution in [1.29, 1.82) is 0 Å². The van der Waals surface area contributed by atoms with Gasteiger partial charge in [-0.2, -0.15) is 0 Å². The highest BCUT2D eigenvalue weighted by atomic mass is 16.5. The molecule has 0 aliphatic rings. The summed E-state index contributed by atoms with van der Waals surface area (Å²) in [5.74, 6) is 1.70. The lowest BCUT2D eigenvalue weighted by atomic mass is 10.1. The van der Waals surface area contributed by atoms with E-state index in [2.05, 4.69) is 36.3 Å². The van der Waals surface area contributed by atoms with Gasteiger partial charge in [-0.05, 0) is 105 Å². The van der Waals surface area contributed by atoms with Gasteiger partial charge in [0.15, 0.2) is 5.82 Å². The van der Waals surface area contributed by atoms with E-state index in [1.807, 2.05) is 60.9 Å². The van der Waals surface area contributed by atoms with Crippen LogP contribution in [0.15, 0.2) is 112 Å². The molecule has 0 bridgehead atoms. The van der Waals surface area contributed by atoms with Crippen LogP contribution in [0, 0.1) is 0 Å². The number of hydrogen-bond donors (Lipinski definition) is 0. The van der Waals surface area contributed by atoms with Crippen LogP contribution in [0.3, 0.4) is 0 Å². The molecule has 46 heavy (non-hydrogen) atoms. The summed E-state index contributed by atoms with van der Waals surface area (Å²) in [5, 5.41) is 0. The first-order valence-electron chi connectivity index (χ1n) is 15.6. The number of benzene rings is 2. The topological polar surface area (TPSA) is 96.8 Å². The van der Waals surface area contributed by atoms with Gasteiger partial charge in [0.05, 0.1) is 13.2 Å². The molecule has 0 aliphatic heterocycles. The Morgan fingerprint density at radius 2 is 0.978 bits per heavy atom. The Hall–Kier alpha value is -4.98. The maximum Gasteiger partial charge on any atom is 0.306 e. The molecule has 0 atom stereocenters. The van der Waals surface area contributed by atoms with E-state index >= 15 is 0 Å². The number of carbonyl (C=O) groups is 2. The van der Waals surface area contributed by atoms with Crippen LogP contribution < -0.4 is 9.47 Å². The predicted molar refractivity (Wildman–Crippen MR) is 181 cm³/mol. The summed E-state index contributed by atoms with van der Waals surface area (Å²) in [6.45, 7) is 15.6. The lowest BCUT2D eigenvalue weighted by molar-refractivity contribution is -0.146. The van der Waals surface area contributed by atoms with Gasteiger partial charge in [-0.15, -0.1) is 0 Å². The van der Waals surface area contributed by atoms with Crippen molar-refractivity contribution in [3.63, 3.8) is 0 Å². The Morgan fingerprint density at radius 3 is 1.39 bits per heavy atom. The van der Waals surface area contributed by atoms with Crippen LogP contribution in [0.1, 0.15) is 51.4 Å². The first kappa shape index (κ1) is 35.5. The largest absolute Gasteiger partial charge is 0.494 e. The molecule has 0 unspecified atom stereocenters. The van der Waals surface area contributed by atoms with E-state index in [1.165, 1.54) is 0 Å². The number of hydrogen-bond acceptors (Lipinski definition) is 8. The molecule has 0 saturated carbocycles. The zero-order valence-electron chi connectivity index (χ0n) is 26.5. The van der Waals surface area contributed by atoms with Gasteiger partial charge < -0.3 is 18.9 Å². The molecule has 0 saturated heterocycles. The Bertz CT molecular complexity index is 1280. The number of rotatable bonds is 22. The number of aromatic nitrogens is 2. The Balaban J connectivity index is 1.34. The van der Waals surface area contributed by atoms with Crippen LogP contribution in [0.5, 0.6) is 11.5 Å². The molecule has 3 rings (SSSR count). The van der Waals surface area contributed by atoms with Crippen molar-refractivity contribution in [2.24, 2.45) is 0 Å². The second kappa shape index (κ2) is 20.1. The summed E-state index contributed by atoms with van der Waals surface area (Å²) in [4.78, 5) is 32.7. The minimum absolute atomic E-state index is 0.245. The third-order valence-electron chi connectivity index (χ3n) is 7.00. The predicted octanol–water partition coefficient (Wildman–Crippen LogP) is 8.26. The van der Waals surface area contributed by atoms with Crippen molar-refractivity contribution in [2.75, 3.05) is 13.2 Å². The van der Waals surface area contributed by atoms with Crippen LogP contribution in [0.2, 0.25) is 0 Å². The summed E-state index contributed by atoms with van der Waals surface area (Å²) < 4.78 is 22.1. The quantitative estimate of drug-likeness (QED) is 0.0626. The summed E-state index contributed by atoms with van der Waals surface area (Å²) >= 11 is 0. The SMILES string of the molecule is C=CC(C=C)OC(=O)CCCCCOc1ccc(-c2cnc(-c3ccc(OCCCCCC(=O)OC(C=C)C=C)cc3)nc2)cc1. The summed E-state index contributed by atoms with van der Waals surface area (Å²) in [6, 6.07) is 15.5. The molecule has 2 aromatic carbocycles. The van der Waals surface area contributed by atoms with Crippen molar-refractivity contribution in [2.45, 2.75) is 63.6 Å². The van der Waals surface area contributed by atoms with Crippen molar-refractivity contribution in [3.05, 3.63) is 112 Å². The van der Waals surface area contributed by atoms with E-state index in [9.17, 15) is 9.59 Å². The van der Waals surface area contributed by atoms with Gasteiger partial charge in [0.1, 0.15) is 23.7 Å². The smallest absolute Gasteiger partial charge is 0.306 e. The van der Waals surface area contributed by atoms with Gasteiger partial charge in [0, 0.05) is 36.4 Å². The van der Waals surface area contributed by atoms with E-state index < -0.39 is 12.2 Å². The Kier molecular flexibility index (Phi) is 15.5. The molecule has 8 nitrogen and oxygen atoms in total. The van der Waals surface area contributed by atoms with E-state index in [0.717, 1.165) is 66.7 Å². The normalized spacial score (nSPS) is 10.7. The number of unbranched alkanes of at least 4 members (excludes halogenated alkanes) is 4. The number of ether oxygens (including phenoxy) is 4. The van der Waals surface area contributed by atoms with Crippen LogP contribution in [0.25, 0.3) is 22.5 Å². The standard InChI is InChI=1S/C38H44N2O6/c1-5-32(6-2)45-36(41)15-11-9-13-25-43-34-21-17-29(18-22-34)31-27-39-38(40-28-31)30-19-23-35(24-20-30)44-26-14-10-12-16-37(42)46-33(7-3)8-4/h5-8,17-24,27-28,32-33H,1-4,9-16,25-26H2. The van der Waals surface area contributed by atoms with Crippen molar-refractivity contribution in [3.8, 4) is 34.0 Å². The Morgan fingerprint density at radius 1 is 0.565 bits per heavy atom. The highest BCUT2D eigenvalue weighted by Gasteiger charge is 2.09. The van der Waals surface area contributed by atoms with Crippen LogP contribution in [0.4, 0.5) is 0 Å². The third-order valence-corrected chi connectivity index (χ3v) is 7.00. The zero-order chi connectivity index (χ0) is 33.0. The second-order valence-electron chi connectivity index (χ2n) is 10.5. The molecule has 1 heterocycles. The van der Waals surface area contributed by atoms with Gasteiger partial charge in [-0.1, -0.05) is 38.4 Å². The first-order valence-corrected chi connectivity index (χ1v) is 15.6. The molecule has 0 spiro atoms. The van der Waals surface area contributed by atoms with Gasteiger partial charge in [-0.3, -0.25) is 9.59 Å². The fourth-order valence-corrected chi connectivity index (χ4v) is 4.35. The summed E-state index contributed by atoms with van der Waals surface area (Å²) in [6.07, 6.45) is 14.6. The van der Waals surface area contributed by atoms with Crippen LogP contribution in [-0.2, 0) is 19.1 Å². The average Bonchev–Trinajstić information content (AvgIpc) is 3.09. The second-order valence-corrected chi connectivity index (χ2v) is 10.5. The van der Waals surface area contributed by atoms with Crippen molar-refractivity contribution >= 4 is 11.9 Å². The highest BCUT2D eigenvalue weighted by Crippen LogP contribution is 2.24. The van der Waals surface area contributed by atoms with Gasteiger partial charge >= 0.3 is 11.9 Å². The highest BCUT2D eigenvalue weighted by molar-refractivity contribution is 5.70. The van der Waals surface area contributed by atoms with Crippen molar-refractivity contribution < 1.29 is 28.5 Å². The average molecular weight is 625 g/mol. The lowest BCUT2D eigenvalue weighted by Crippen LogP contribution is -2.13. The minimum atomic E-state index is -0.435. The molecule has 8 heteroatoms. The molecular weight excluding hydrogens is 580 g/mol. The molecule has 0 N–H and O–H groups in total. The summed E-state index contributed by atoms with van der Waals surface area (Å²) in [5.41, 5.74) is 2.80. The monoisotopic (exact) mass is 624 g/mol. The van der Waals surface area contributed by atoms with E-state index in [-0.39, 0.29) is 11.9 Å². The maximum atomic E-state index is 11.8. The van der Waals surface area contributed by atoms with E-state index in [0.29, 0.717) is 31.9 Å². The number of nitrogens with zero attached hydrogens (tertiary/aromatic N) is 2. The first-order chi connectivity index (χ1) is 22.4. The fourth-order valence-electron chi connectivity index (χ4n) is 4.35. The molecular formula is C38H44N2O6. The van der Waals surface area contributed by atoms with E-state index in [4.69, 9.17) is 18.9 Å². The third kappa shape index (κ3) is 12.6.